The third kappa shape index (κ3) is 2.17. The summed E-state index contributed by atoms with van der Waals surface area (Å²) in [6, 6.07) is 0. The lowest BCUT2D eigenvalue weighted by molar-refractivity contribution is 0.00578. The van der Waals surface area contributed by atoms with E-state index in [1.807, 2.05) is 0 Å². The van der Waals surface area contributed by atoms with Gasteiger partial charge >= 0.3 is 7.12 Å². The van der Waals surface area contributed by atoms with Gasteiger partial charge in [-0.05, 0) is 45.9 Å². The van der Waals surface area contributed by atoms with E-state index >= 15 is 0 Å². The van der Waals surface area contributed by atoms with Gasteiger partial charge in [-0.25, -0.2) is 0 Å². The Kier molecular flexibility index (Phi) is 3.13. The fourth-order valence-corrected chi connectivity index (χ4v) is 2.81. The van der Waals surface area contributed by atoms with Crippen LogP contribution in [0.15, 0.2) is 0 Å². The molecule has 2 aliphatic rings. The van der Waals surface area contributed by atoms with E-state index in [0.717, 1.165) is 5.92 Å². The highest BCUT2D eigenvalue weighted by Gasteiger charge is 2.53. The molecule has 0 amide bonds. The van der Waals surface area contributed by atoms with Crippen LogP contribution in [0.2, 0.25) is 5.82 Å². The van der Waals surface area contributed by atoms with Gasteiger partial charge in [-0.15, -0.1) is 0 Å². The van der Waals surface area contributed by atoms with Gasteiger partial charge in [0.25, 0.3) is 0 Å². The molecule has 0 spiro atoms. The summed E-state index contributed by atoms with van der Waals surface area (Å²) in [5, 5.41) is 0. The molecule has 1 heterocycles. The quantitative estimate of drug-likeness (QED) is 0.633. The monoisotopic (exact) mass is 224 g/mol. The predicted molar refractivity (Wildman–Crippen MR) is 67.5 cm³/mol. The van der Waals surface area contributed by atoms with E-state index < -0.39 is 0 Å². The van der Waals surface area contributed by atoms with Crippen molar-refractivity contribution in [1.82, 2.24) is 0 Å². The van der Waals surface area contributed by atoms with E-state index in [2.05, 4.69) is 34.6 Å². The van der Waals surface area contributed by atoms with Gasteiger partial charge in [0.2, 0.25) is 0 Å². The van der Waals surface area contributed by atoms with Crippen LogP contribution in [-0.2, 0) is 9.31 Å². The summed E-state index contributed by atoms with van der Waals surface area (Å²) in [6.07, 6.45) is 5.23. The third-order valence-corrected chi connectivity index (χ3v) is 4.63. The lowest BCUT2D eigenvalue weighted by Gasteiger charge is -2.32. The predicted octanol–water partition coefficient (Wildman–Crippen LogP) is 3.66. The SMILES string of the molecule is CC1CCCC(B2OC(C)(C)C(C)(C)O2)C1. The van der Waals surface area contributed by atoms with Crippen molar-refractivity contribution in [2.24, 2.45) is 5.92 Å². The zero-order valence-electron chi connectivity index (χ0n) is 11.4. The fourth-order valence-electron chi connectivity index (χ4n) is 2.81. The summed E-state index contributed by atoms with van der Waals surface area (Å²) in [5.41, 5.74) is -0.337. The van der Waals surface area contributed by atoms with Crippen LogP contribution in [0.1, 0.15) is 60.3 Å². The summed E-state index contributed by atoms with van der Waals surface area (Å²) < 4.78 is 12.3. The average molecular weight is 224 g/mol. The molecule has 2 atom stereocenters. The second-order valence-electron chi connectivity index (χ2n) is 6.66. The second kappa shape index (κ2) is 4.02. The molecule has 2 nitrogen and oxygen atoms in total. The first kappa shape index (κ1) is 12.4. The van der Waals surface area contributed by atoms with Crippen LogP contribution >= 0.6 is 0 Å². The number of hydrogen-bond acceptors (Lipinski definition) is 2. The van der Waals surface area contributed by atoms with Crippen molar-refractivity contribution < 1.29 is 9.31 Å². The molecule has 0 aromatic heterocycles. The largest absolute Gasteiger partial charge is 0.461 e. The minimum absolute atomic E-state index is 0.0211. The minimum atomic E-state index is -0.168. The zero-order chi connectivity index (χ0) is 12.0. The van der Waals surface area contributed by atoms with E-state index in [-0.39, 0.29) is 18.3 Å². The maximum Gasteiger partial charge on any atom is 0.461 e. The van der Waals surface area contributed by atoms with Crippen LogP contribution < -0.4 is 0 Å². The highest BCUT2D eigenvalue weighted by molar-refractivity contribution is 6.47. The lowest BCUT2D eigenvalue weighted by atomic mass is 9.62. The lowest BCUT2D eigenvalue weighted by Crippen LogP contribution is -2.41. The molecule has 2 fully saturated rings. The minimum Gasteiger partial charge on any atom is -0.403 e. The molecule has 92 valence electrons. The van der Waals surface area contributed by atoms with Gasteiger partial charge in [0.1, 0.15) is 0 Å². The molecule has 2 unspecified atom stereocenters. The summed E-state index contributed by atoms with van der Waals surface area (Å²) in [4.78, 5) is 0. The Morgan fingerprint density at radius 1 is 1.00 bits per heavy atom. The Hall–Kier alpha value is -0.0151. The summed E-state index contributed by atoms with van der Waals surface area (Å²) in [5.74, 6) is 1.43. The maximum atomic E-state index is 6.13. The van der Waals surface area contributed by atoms with Crippen molar-refractivity contribution >= 4 is 7.12 Å². The first-order chi connectivity index (χ1) is 7.32. The molecule has 0 aromatic carbocycles. The van der Waals surface area contributed by atoms with Gasteiger partial charge in [0, 0.05) is 0 Å². The van der Waals surface area contributed by atoms with Crippen LogP contribution in [0.5, 0.6) is 0 Å². The molecular weight excluding hydrogens is 199 g/mol. The van der Waals surface area contributed by atoms with Crippen molar-refractivity contribution in [3.05, 3.63) is 0 Å². The molecule has 1 aliphatic heterocycles. The van der Waals surface area contributed by atoms with Crippen molar-refractivity contribution in [3.8, 4) is 0 Å². The Labute approximate surface area is 100 Å². The van der Waals surface area contributed by atoms with E-state index in [0.29, 0.717) is 5.82 Å². The molecule has 1 saturated carbocycles. The molecule has 0 aromatic rings. The van der Waals surface area contributed by atoms with Crippen molar-refractivity contribution in [2.45, 2.75) is 77.3 Å². The van der Waals surface area contributed by atoms with Gasteiger partial charge < -0.3 is 9.31 Å². The molecule has 1 saturated heterocycles. The number of rotatable bonds is 1. The van der Waals surface area contributed by atoms with Crippen molar-refractivity contribution in [3.63, 3.8) is 0 Å². The fraction of sp³-hybridized carbons (Fsp3) is 1.00. The molecule has 2 rings (SSSR count). The van der Waals surface area contributed by atoms with Crippen LogP contribution in [-0.4, -0.2) is 18.3 Å². The van der Waals surface area contributed by atoms with Crippen LogP contribution in [0.4, 0.5) is 0 Å². The van der Waals surface area contributed by atoms with Crippen molar-refractivity contribution in [1.29, 1.82) is 0 Å². The van der Waals surface area contributed by atoms with Crippen LogP contribution in [0.25, 0.3) is 0 Å². The Balaban J connectivity index is 2.02. The smallest absolute Gasteiger partial charge is 0.403 e. The van der Waals surface area contributed by atoms with Gasteiger partial charge in [-0.3, -0.25) is 0 Å². The molecule has 3 heteroatoms. The van der Waals surface area contributed by atoms with Gasteiger partial charge in [-0.2, -0.15) is 0 Å². The third-order valence-electron chi connectivity index (χ3n) is 4.63. The first-order valence-corrected chi connectivity index (χ1v) is 6.67. The summed E-state index contributed by atoms with van der Waals surface area (Å²) in [7, 11) is 0.0211. The zero-order valence-corrected chi connectivity index (χ0v) is 11.4. The Morgan fingerprint density at radius 2 is 1.56 bits per heavy atom. The molecule has 0 radical (unpaired) electrons. The average Bonchev–Trinajstić information content (AvgIpc) is 2.36. The highest BCUT2D eigenvalue weighted by atomic mass is 16.7. The Bertz CT molecular complexity index is 247. The molecule has 0 bridgehead atoms. The Morgan fingerprint density at radius 3 is 2.06 bits per heavy atom. The van der Waals surface area contributed by atoms with E-state index in [9.17, 15) is 0 Å². The van der Waals surface area contributed by atoms with Crippen LogP contribution in [0.3, 0.4) is 0 Å². The van der Waals surface area contributed by atoms with E-state index in [1.165, 1.54) is 25.7 Å². The van der Waals surface area contributed by atoms with Gasteiger partial charge in [-0.1, -0.05) is 26.2 Å². The standard InChI is InChI=1S/C13H25BO2/c1-10-7-6-8-11(9-10)14-15-12(2,3)13(4,5)16-14/h10-11H,6-9H2,1-5H3. The number of hydrogen-bond donors (Lipinski definition) is 0. The molecule has 0 N–H and O–H groups in total. The highest BCUT2D eigenvalue weighted by Crippen LogP contribution is 2.44. The topological polar surface area (TPSA) is 18.5 Å². The molecular formula is C13H25BO2. The summed E-state index contributed by atoms with van der Waals surface area (Å²) >= 11 is 0. The second-order valence-corrected chi connectivity index (χ2v) is 6.66. The summed E-state index contributed by atoms with van der Waals surface area (Å²) in [6.45, 7) is 10.9. The van der Waals surface area contributed by atoms with Gasteiger partial charge in [0.05, 0.1) is 11.2 Å². The van der Waals surface area contributed by atoms with E-state index in [1.54, 1.807) is 0 Å². The van der Waals surface area contributed by atoms with E-state index in [4.69, 9.17) is 9.31 Å². The van der Waals surface area contributed by atoms with Crippen LogP contribution in [0, 0.1) is 5.92 Å². The van der Waals surface area contributed by atoms with Gasteiger partial charge in [0.15, 0.2) is 0 Å². The van der Waals surface area contributed by atoms with Crippen molar-refractivity contribution in [2.75, 3.05) is 0 Å². The molecule has 1 aliphatic carbocycles. The first-order valence-electron chi connectivity index (χ1n) is 6.67. The molecule has 16 heavy (non-hydrogen) atoms. The maximum absolute atomic E-state index is 6.13. The normalized spacial score (nSPS) is 37.7.